The van der Waals surface area contributed by atoms with Crippen LogP contribution in [0, 0.1) is 5.92 Å². The van der Waals surface area contributed by atoms with Gasteiger partial charge in [-0.1, -0.05) is 31.9 Å². The van der Waals surface area contributed by atoms with Gasteiger partial charge in [-0.15, -0.1) is 0 Å². The molecule has 1 saturated carbocycles. The summed E-state index contributed by atoms with van der Waals surface area (Å²) in [6.45, 7) is 7.60. The van der Waals surface area contributed by atoms with E-state index in [2.05, 4.69) is 44.3 Å². The summed E-state index contributed by atoms with van der Waals surface area (Å²) < 4.78 is 5.99. The van der Waals surface area contributed by atoms with Gasteiger partial charge in [0.25, 0.3) is 0 Å². The smallest absolute Gasteiger partial charge is 0.123 e. The van der Waals surface area contributed by atoms with E-state index in [0.29, 0.717) is 6.04 Å². The van der Waals surface area contributed by atoms with E-state index in [4.69, 9.17) is 4.74 Å². The largest absolute Gasteiger partial charge is 0.487 e. The monoisotopic (exact) mass is 273 g/mol. The third kappa shape index (κ3) is 2.71. The number of nitrogens with one attached hydrogen (secondary N) is 1. The van der Waals surface area contributed by atoms with Gasteiger partial charge < -0.3 is 10.1 Å². The third-order valence-electron chi connectivity index (χ3n) is 4.74. The van der Waals surface area contributed by atoms with Crippen LogP contribution in [0.4, 0.5) is 0 Å². The normalized spacial score (nSPS) is 22.6. The van der Waals surface area contributed by atoms with Crippen molar-refractivity contribution in [3.63, 3.8) is 0 Å². The Labute approximate surface area is 122 Å². The van der Waals surface area contributed by atoms with E-state index >= 15 is 0 Å². The van der Waals surface area contributed by atoms with Crippen molar-refractivity contribution in [1.82, 2.24) is 5.32 Å². The summed E-state index contributed by atoms with van der Waals surface area (Å²) in [6, 6.07) is 7.36. The van der Waals surface area contributed by atoms with Gasteiger partial charge in [0.2, 0.25) is 0 Å². The Morgan fingerprint density at radius 3 is 2.75 bits per heavy atom. The van der Waals surface area contributed by atoms with E-state index in [1.165, 1.54) is 36.8 Å². The van der Waals surface area contributed by atoms with Crippen LogP contribution in [0.1, 0.15) is 63.6 Å². The molecule has 2 nitrogen and oxygen atoms in total. The first-order valence-corrected chi connectivity index (χ1v) is 8.14. The van der Waals surface area contributed by atoms with Crippen molar-refractivity contribution in [2.24, 2.45) is 5.92 Å². The average molecular weight is 273 g/mol. The van der Waals surface area contributed by atoms with Crippen molar-refractivity contribution in [2.45, 2.75) is 64.5 Å². The Hall–Kier alpha value is -1.02. The molecule has 0 spiro atoms. The number of ether oxygens (including phenoxy) is 1. The summed E-state index contributed by atoms with van der Waals surface area (Å²) in [7, 11) is 0. The van der Waals surface area contributed by atoms with E-state index in [-0.39, 0.29) is 5.60 Å². The summed E-state index contributed by atoms with van der Waals surface area (Å²) in [6.07, 6.45) is 6.56. The van der Waals surface area contributed by atoms with Gasteiger partial charge in [0.15, 0.2) is 0 Å². The number of hydrogen-bond acceptors (Lipinski definition) is 2. The summed E-state index contributed by atoms with van der Waals surface area (Å²) in [5.41, 5.74) is 2.80. The van der Waals surface area contributed by atoms with Gasteiger partial charge in [0.1, 0.15) is 11.4 Å². The van der Waals surface area contributed by atoms with Crippen LogP contribution in [0.3, 0.4) is 0 Å². The van der Waals surface area contributed by atoms with Crippen molar-refractivity contribution in [3.05, 3.63) is 29.3 Å². The summed E-state index contributed by atoms with van der Waals surface area (Å²) in [5, 5.41) is 3.71. The zero-order chi connectivity index (χ0) is 14.2. The maximum absolute atomic E-state index is 5.99. The molecular formula is C18H27NO. The highest BCUT2D eigenvalue weighted by molar-refractivity contribution is 5.42. The Bertz CT molecular complexity index is 474. The van der Waals surface area contributed by atoms with Gasteiger partial charge >= 0.3 is 0 Å². The SMILES string of the molecule is CCNC(c1ccc2c(c1)CC(C)(C)O2)C1CCCC1. The Balaban J connectivity index is 1.85. The van der Waals surface area contributed by atoms with Crippen LogP contribution in [0.15, 0.2) is 18.2 Å². The molecule has 1 aliphatic heterocycles. The predicted molar refractivity (Wildman–Crippen MR) is 83.2 cm³/mol. The van der Waals surface area contributed by atoms with Gasteiger partial charge in [0.05, 0.1) is 0 Å². The highest BCUT2D eigenvalue weighted by Gasteiger charge is 2.32. The van der Waals surface area contributed by atoms with Crippen LogP contribution in [0.5, 0.6) is 5.75 Å². The van der Waals surface area contributed by atoms with E-state index < -0.39 is 0 Å². The second-order valence-electron chi connectivity index (χ2n) is 6.99. The molecule has 1 aliphatic carbocycles. The van der Waals surface area contributed by atoms with Crippen molar-refractivity contribution in [2.75, 3.05) is 6.54 Å². The van der Waals surface area contributed by atoms with E-state index in [1.807, 2.05) is 0 Å². The highest BCUT2D eigenvalue weighted by atomic mass is 16.5. The zero-order valence-electron chi connectivity index (χ0n) is 13.0. The molecule has 1 unspecified atom stereocenters. The van der Waals surface area contributed by atoms with Gasteiger partial charge in [-0.05, 0) is 56.3 Å². The second kappa shape index (κ2) is 5.40. The molecule has 20 heavy (non-hydrogen) atoms. The van der Waals surface area contributed by atoms with Crippen LogP contribution < -0.4 is 10.1 Å². The van der Waals surface area contributed by atoms with Crippen LogP contribution in [-0.4, -0.2) is 12.1 Å². The fourth-order valence-electron chi connectivity index (χ4n) is 3.89. The minimum Gasteiger partial charge on any atom is -0.487 e. The van der Waals surface area contributed by atoms with Gasteiger partial charge in [0, 0.05) is 12.5 Å². The first kappa shape index (κ1) is 13.9. The van der Waals surface area contributed by atoms with Gasteiger partial charge in [-0.3, -0.25) is 0 Å². The molecule has 110 valence electrons. The maximum atomic E-state index is 5.99. The maximum Gasteiger partial charge on any atom is 0.123 e. The number of benzene rings is 1. The average Bonchev–Trinajstić information content (AvgIpc) is 3.00. The number of rotatable bonds is 4. The van der Waals surface area contributed by atoms with Crippen LogP contribution >= 0.6 is 0 Å². The van der Waals surface area contributed by atoms with E-state index in [0.717, 1.165) is 24.6 Å². The van der Waals surface area contributed by atoms with Gasteiger partial charge in [-0.2, -0.15) is 0 Å². The number of hydrogen-bond donors (Lipinski definition) is 1. The summed E-state index contributed by atoms with van der Waals surface area (Å²) >= 11 is 0. The van der Waals surface area contributed by atoms with Gasteiger partial charge in [-0.25, -0.2) is 0 Å². The molecule has 3 rings (SSSR count). The molecule has 1 atom stereocenters. The molecule has 2 aliphatic rings. The molecule has 1 aromatic rings. The predicted octanol–water partition coefficient (Wildman–Crippen LogP) is 4.24. The summed E-state index contributed by atoms with van der Waals surface area (Å²) in [4.78, 5) is 0. The lowest BCUT2D eigenvalue weighted by molar-refractivity contribution is 0.138. The fraction of sp³-hybridized carbons (Fsp3) is 0.667. The topological polar surface area (TPSA) is 21.3 Å². The Morgan fingerprint density at radius 1 is 1.30 bits per heavy atom. The molecule has 0 saturated heterocycles. The fourth-order valence-corrected chi connectivity index (χ4v) is 3.89. The lowest BCUT2D eigenvalue weighted by atomic mass is 9.89. The van der Waals surface area contributed by atoms with Crippen LogP contribution in [0.2, 0.25) is 0 Å². The Kier molecular flexibility index (Phi) is 3.76. The van der Waals surface area contributed by atoms with Crippen molar-refractivity contribution >= 4 is 0 Å². The van der Waals surface area contributed by atoms with Crippen molar-refractivity contribution < 1.29 is 4.74 Å². The first-order valence-electron chi connectivity index (χ1n) is 8.14. The van der Waals surface area contributed by atoms with Crippen molar-refractivity contribution in [1.29, 1.82) is 0 Å². The molecule has 0 bridgehead atoms. The lowest BCUT2D eigenvalue weighted by Gasteiger charge is -2.25. The minimum absolute atomic E-state index is 0.0397. The van der Waals surface area contributed by atoms with E-state index in [1.54, 1.807) is 0 Å². The Morgan fingerprint density at radius 2 is 2.05 bits per heavy atom. The van der Waals surface area contributed by atoms with E-state index in [9.17, 15) is 0 Å². The first-order chi connectivity index (χ1) is 9.59. The molecule has 0 radical (unpaired) electrons. The zero-order valence-corrected chi connectivity index (χ0v) is 13.0. The van der Waals surface area contributed by atoms with Crippen molar-refractivity contribution in [3.8, 4) is 5.75 Å². The lowest BCUT2D eigenvalue weighted by Crippen LogP contribution is -2.27. The molecule has 0 amide bonds. The second-order valence-corrected chi connectivity index (χ2v) is 6.99. The molecule has 1 aromatic carbocycles. The number of fused-ring (bicyclic) bond motifs is 1. The molecule has 0 aromatic heterocycles. The van der Waals surface area contributed by atoms with Crippen LogP contribution in [-0.2, 0) is 6.42 Å². The van der Waals surface area contributed by atoms with Crippen LogP contribution in [0.25, 0.3) is 0 Å². The third-order valence-corrected chi connectivity index (χ3v) is 4.74. The molecule has 1 heterocycles. The summed E-state index contributed by atoms with van der Waals surface area (Å²) in [5.74, 6) is 1.89. The standard InChI is InChI=1S/C18H27NO/c1-4-19-17(13-7-5-6-8-13)14-9-10-16-15(11-14)12-18(2,3)20-16/h9-11,13,17,19H,4-8,12H2,1-3H3. The molecular weight excluding hydrogens is 246 g/mol. The highest BCUT2D eigenvalue weighted by Crippen LogP contribution is 2.40. The molecule has 2 heteroatoms. The molecule has 1 fully saturated rings. The minimum atomic E-state index is -0.0397. The molecule has 1 N–H and O–H groups in total. The quantitative estimate of drug-likeness (QED) is 0.886.